The summed E-state index contributed by atoms with van der Waals surface area (Å²) < 4.78 is 11.8. The number of aromatic nitrogens is 2. The van der Waals surface area contributed by atoms with E-state index in [1.54, 1.807) is 24.4 Å². The summed E-state index contributed by atoms with van der Waals surface area (Å²) in [7, 11) is 3.66. The number of pyridine rings is 2. The van der Waals surface area contributed by atoms with Crippen LogP contribution in [0, 0.1) is 5.92 Å². The van der Waals surface area contributed by atoms with Crippen LogP contribution < -0.4 is 9.47 Å². The maximum absolute atomic E-state index is 13.7. The van der Waals surface area contributed by atoms with Crippen LogP contribution in [0.15, 0.2) is 61.1 Å². The molecule has 36 heavy (non-hydrogen) atoms. The van der Waals surface area contributed by atoms with Gasteiger partial charge in [0, 0.05) is 49.7 Å². The van der Waals surface area contributed by atoms with Crippen LogP contribution in [0.5, 0.6) is 11.6 Å². The predicted molar refractivity (Wildman–Crippen MR) is 138 cm³/mol. The molecule has 1 aliphatic rings. The smallest absolute Gasteiger partial charge is 0.259 e. The summed E-state index contributed by atoms with van der Waals surface area (Å²) in [6, 6.07) is 13.1. The number of amides is 1. The first-order valence-corrected chi connectivity index (χ1v) is 12.2. The molecule has 1 aromatic carbocycles. The third kappa shape index (κ3) is 5.83. The fraction of sp³-hybridized carbons (Fsp3) is 0.393. The maximum Gasteiger partial charge on any atom is 0.259 e. The zero-order valence-corrected chi connectivity index (χ0v) is 21.3. The molecule has 0 bridgehead atoms. The van der Waals surface area contributed by atoms with Gasteiger partial charge in [0.2, 0.25) is 5.88 Å². The second kappa shape index (κ2) is 11.5. The van der Waals surface area contributed by atoms with E-state index in [0.717, 1.165) is 29.0 Å². The van der Waals surface area contributed by atoms with E-state index < -0.39 is 0 Å². The van der Waals surface area contributed by atoms with E-state index in [0.29, 0.717) is 24.5 Å². The fourth-order valence-corrected chi connectivity index (χ4v) is 4.46. The van der Waals surface area contributed by atoms with E-state index in [1.807, 2.05) is 62.6 Å². The Kier molecular flexibility index (Phi) is 8.18. The number of aliphatic hydroxyl groups excluding tert-OH is 1. The third-order valence-corrected chi connectivity index (χ3v) is 6.59. The van der Waals surface area contributed by atoms with Crippen molar-refractivity contribution in [1.82, 2.24) is 19.8 Å². The molecule has 1 amide bonds. The van der Waals surface area contributed by atoms with Crippen molar-refractivity contribution in [2.24, 2.45) is 5.92 Å². The first-order chi connectivity index (χ1) is 17.4. The Morgan fingerprint density at radius 2 is 2.06 bits per heavy atom. The lowest BCUT2D eigenvalue weighted by molar-refractivity contribution is 0.0325. The minimum atomic E-state index is -0.333. The number of carbonyl (C=O) groups excluding carboxylic acids is 1. The number of likely N-dealkylation sites (N-methyl/N-ethyl adjacent to an activating group) is 1. The molecule has 3 heterocycles. The molecule has 3 atom stereocenters. The van der Waals surface area contributed by atoms with Crippen LogP contribution in [0.2, 0.25) is 0 Å². The highest BCUT2D eigenvalue weighted by Gasteiger charge is 2.34. The summed E-state index contributed by atoms with van der Waals surface area (Å²) in [5, 5.41) is 9.90. The molecule has 0 fully saturated rings. The minimum Gasteiger partial charge on any atom is -0.497 e. The molecule has 0 spiro atoms. The number of nitrogens with zero attached hydrogens (tertiary/aromatic N) is 4. The van der Waals surface area contributed by atoms with Crippen LogP contribution in [0.1, 0.15) is 29.8 Å². The number of ether oxygens (including phenoxy) is 2. The van der Waals surface area contributed by atoms with Gasteiger partial charge in [0.25, 0.3) is 5.91 Å². The van der Waals surface area contributed by atoms with E-state index in [-0.39, 0.29) is 30.6 Å². The van der Waals surface area contributed by atoms with Crippen molar-refractivity contribution in [3.63, 3.8) is 0 Å². The minimum absolute atomic E-state index is 0.0207. The average Bonchev–Trinajstić information content (AvgIpc) is 2.90. The molecule has 4 rings (SSSR count). The zero-order chi connectivity index (χ0) is 25.7. The SMILES string of the molecule is COc1cccc(-c2cnc3c(c2)C(=O)N([C@H](C)CO)C[C@H](C)[C@H](CN(C)Cc2cccnc2)O3)c1. The molecule has 0 saturated heterocycles. The predicted octanol–water partition coefficient (Wildman–Crippen LogP) is 3.50. The second-order valence-electron chi connectivity index (χ2n) is 9.49. The third-order valence-electron chi connectivity index (χ3n) is 6.59. The Hall–Kier alpha value is -3.49. The van der Waals surface area contributed by atoms with Crippen molar-refractivity contribution in [3.8, 4) is 22.8 Å². The topological polar surface area (TPSA) is 88.0 Å². The summed E-state index contributed by atoms with van der Waals surface area (Å²) in [5.74, 6) is 0.862. The molecular weight excluding hydrogens is 456 g/mol. The Bertz CT molecular complexity index is 1170. The summed E-state index contributed by atoms with van der Waals surface area (Å²) in [5.41, 5.74) is 3.19. The molecule has 0 radical (unpaired) electrons. The fourth-order valence-electron chi connectivity index (χ4n) is 4.46. The summed E-state index contributed by atoms with van der Waals surface area (Å²) >= 11 is 0. The number of methoxy groups -OCH3 is 1. The van der Waals surface area contributed by atoms with Crippen LogP contribution in [0.4, 0.5) is 0 Å². The molecule has 3 aromatic rings. The lowest BCUT2D eigenvalue weighted by Crippen LogP contribution is -2.49. The summed E-state index contributed by atoms with van der Waals surface area (Å²) in [4.78, 5) is 26.4. The van der Waals surface area contributed by atoms with Gasteiger partial charge in [0.15, 0.2) is 0 Å². The number of hydrogen-bond acceptors (Lipinski definition) is 7. The Balaban J connectivity index is 1.66. The van der Waals surface area contributed by atoms with Crippen LogP contribution in [-0.4, -0.2) is 76.8 Å². The number of hydrogen-bond donors (Lipinski definition) is 1. The van der Waals surface area contributed by atoms with Gasteiger partial charge in [-0.25, -0.2) is 4.98 Å². The van der Waals surface area contributed by atoms with Gasteiger partial charge in [0.05, 0.1) is 19.8 Å². The molecule has 8 heteroatoms. The van der Waals surface area contributed by atoms with Gasteiger partial charge < -0.3 is 19.5 Å². The van der Waals surface area contributed by atoms with Crippen molar-refractivity contribution in [2.75, 3.05) is 33.9 Å². The molecule has 0 aliphatic carbocycles. The standard InChI is InChI=1S/C28H34N4O4/c1-19-15-32(20(2)18-33)28(34)25-12-23(22-8-5-9-24(11-22)35-4)14-30-27(25)36-26(19)17-31(3)16-21-7-6-10-29-13-21/h5-14,19-20,26,33H,15-18H2,1-4H3/t19-,20+,26-/m0/s1. The van der Waals surface area contributed by atoms with Crippen LogP contribution >= 0.6 is 0 Å². The summed E-state index contributed by atoms with van der Waals surface area (Å²) in [6.45, 7) is 5.64. The number of carbonyl (C=O) groups is 1. The van der Waals surface area contributed by atoms with E-state index in [4.69, 9.17) is 9.47 Å². The van der Waals surface area contributed by atoms with E-state index >= 15 is 0 Å². The average molecular weight is 491 g/mol. The summed E-state index contributed by atoms with van der Waals surface area (Å²) in [6.07, 6.45) is 5.14. The number of fused-ring (bicyclic) bond motifs is 1. The first kappa shape index (κ1) is 25.6. The molecule has 0 saturated carbocycles. The Labute approximate surface area is 212 Å². The molecule has 8 nitrogen and oxygen atoms in total. The molecule has 0 unspecified atom stereocenters. The normalized spacial score (nSPS) is 18.7. The molecule has 1 N–H and O–H groups in total. The van der Waals surface area contributed by atoms with Gasteiger partial charge in [-0.05, 0) is 49.4 Å². The van der Waals surface area contributed by atoms with Gasteiger partial charge in [-0.15, -0.1) is 0 Å². The van der Waals surface area contributed by atoms with Crippen molar-refractivity contribution in [3.05, 3.63) is 72.2 Å². The van der Waals surface area contributed by atoms with Gasteiger partial charge in [-0.1, -0.05) is 25.1 Å². The van der Waals surface area contributed by atoms with Crippen molar-refractivity contribution >= 4 is 5.91 Å². The number of aliphatic hydroxyl groups is 1. The monoisotopic (exact) mass is 490 g/mol. The van der Waals surface area contributed by atoms with Gasteiger partial charge in [-0.2, -0.15) is 0 Å². The molecular formula is C28H34N4O4. The number of rotatable bonds is 8. The van der Waals surface area contributed by atoms with Gasteiger partial charge in [0.1, 0.15) is 17.4 Å². The van der Waals surface area contributed by atoms with E-state index in [2.05, 4.69) is 21.8 Å². The number of benzene rings is 1. The van der Waals surface area contributed by atoms with Crippen LogP contribution in [0.25, 0.3) is 11.1 Å². The van der Waals surface area contributed by atoms with Gasteiger partial charge in [-0.3, -0.25) is 14.7 Å². The Morgan fingerprint density at radius 1 is 1.22 bits per heavy atom. The van der Waals surface area contributed by atoms with Crippen molar-refractivity contribution in [2.45, 2.75) is 32.5 Å². The van der Waals surface area contributed by atoms with Crippen LogP contribution in [0.3, 0.4) is 0 Å². The van der Waals surface area contributed by atoms with E-state index in [1.165, 1.54) is 0 Å². The Morgan fingerprint density at radius 3 is 2.78 bits per heavy atom. The zero-order valence-electron chi connectivity index (χ0n) is 21.3. The largest absolute Gasteiger partial charge is 0.497 e. The highest BCUT2D eigenvalue weighted by Crippen LogP contribution is 2.31. The quantitative estimate of drug-likeness (QED) is 0.517. The molecule has 190 valence electrons. The first-order valence-electron chi connectivity index (χ1n) is 12.2. The molecule has 1 aliphatic heterocycles. The van der Waals surface area contributed by atoms with Crippen LogP contribution in [-0.2, 0) is 6.54 Å². The van der Waals surface area contributed by atoms with Gasteiger partial charge >= 0.3 is 0 Å². The lowest BCUT2D eigenvalue weighted by Gasteiger charge is -2.37. The lowest BCUT2D eigenvalue weighted by atomic mass is 9.99. The van der Waals surface area contributed by atoms with Crippen molar-refractivity contribution in [1.29, 1.82) is 0 Å². The van der Waals surface area contributed by atoms with E-state index in [9.17, 15) is 9.90 Å². The maximum atomic E-state index is 13.7. The highest BCUT2D eigenvalue weighted by atomic mass is 16.5. The molecule has 2 aromatic heterocycles. The highest BCUT2D eigenvalue weighted by molar-refractivity contribution is 5.98. The second-order valence-corrected chi connectivity index (χ2v) is 9.49. The van der Waals surface area contributed by atoms with Crippen molar-refractivity contribution < 1.29 is 19.4 Å².